The van der Waals surface area contributed by atoms with Crippen LogP contribution >= 0.6 is 11.6 Å². The Morgan fingerprint density at radius 2 is 1.62 bits per heavy atom. The topological polar surface area (TPSA) is 38.0 Å². The standard InChI is InChI=1S/C24H21ClN2O2/c1-27(2)19-10-8-18(9-11-19)26-22-15-24(16-4-6-17(25)7-5-16)29-23-13-12-20(28-3)14-21(22)23/h4-15H,1-3H3. The summed E-state index contributed by atoms with van der Waals surface area (Å²) in [6.45, 7) is 0. The fourth-order valence-electron chi connectivity index (χ4n) is 3.09. The van der Waals surface area contributed by atoms with E-state index in [9.17, 15) is 0 Å². The van der Waals surface area contributed by atoms with E-state index in [1.165, 1.54) is 0 Å². The maximum Gasteiger partial charge on any atom is 0.137 e. The summed E-state index contributed by atoms with van der Waals surface area (Å²) in [6.07, 6.45) is 0. The molecule has 0 amide bonds. The van der Waals surface area contributed by atoms with Crippen molar-refractivity contribution in [3.8, 4) is 17.1 Å². The van der Waals surface area contributed by atoms with Crippen molar-refractivity contribution in [1.82, 2.24) is 0 Å². The van der Waals surface area contributed by atoms with Gasteiger partial charge in [0, 0.05) is 41.8 Å². The maximum absolute atomic E-state index is 6.15. The Bertz CT molecular complexity index is 1210. The minimum Gasteiger partial charge on any atom is -0.497 e. The highest BCUT2D eigenvalue weighted by atomic mass is 35.5. The van der Waals surface area contributed by atoms with E-state index in [1.54, 1.807) is 7.11 Å². The smallest absolute Gasteiger partial charge is 0.137 e. The number of methoxy groups -OCH3 is 1. The van der Waals surface area contributed by atoms with E-state index >= 15 is 0 Å². The van der Waals surface area contributed by atoms with Crippen molar-refractivity contribution < 1.29 is 9.15 Å². The summed E-state index contributed by atoms with van der Waals surface area (Å²) in [5.74, 6) is 1.48. The molecule has 1 aromatic heterocycles. The van der Waals surface area contributed by atoms with Gasteiger partial charge in [0.15, 0.2) is 0 Å². The lowest BCUT2D eigenvalue weighted by Crippen LogP contribution is -2.08. The number of halogens is 1. The third-order valence-corrected chi connectivity index (χ3v) is 4.95. The average Bonchev–Trinajstić information content (AvgIpc) is 2.74. The van der Waals surface area contributed by atoms with Crippen LogP contribution in [0.1, 0.15) is 0 Å². The molecule has 0 fully saturated rings. The Balaban J connectivity index is 1.92. The number of nitrogens with zero attached hydrogens (tertiary/aromatic N) is 2. The Labute approximate surface area is 174 Å². The van der Waals surface area contributed by atoms with E-state index < -0.39 is 0 Å². The second-order valence-electron chi connectivity index (χ2n) is 6.89. The van der Waals surface area contributed by atoms with E-state index in [0.29, 0.717) is 5.02 Å². The first-order chi connectivity index (χ1) is 14.0. The molecule has 4 rings (SSSR count). The van der Waals surface area contributed by atoms with Crippen molar-refractivity contribution >= 4 is 33.9 Å². The van der Waals surface area contributed by atoms with Gasteiger partial charge >= 0.3 is 0 Å². The Kier molecular flexibility index (Phi) is 5.28. The average molecular weight is 405 g/mol. The number of hydrogen-bond acceptors (Lipinski definition) is 4. The monoisotopic (exact) mass is 404 g/mol. The van der Waals surface area contributed by atoms with Crippen LogP contribution < -0.4 is 15.0 Å². The normalized spacial score (nSPS) is 11.7. The number of benzene rings is 3. The summed E-state index contributed by atoms with van der Waals surface area (Å²) in [4.78, 5) is 6.95. The zero-order valence-electron chi connectivity index (χ0n) is 16.5. The zero-order valence-corrected chi connectivity index (χ0v) is 17.3. The molecule has 146 valence electrons. The third kappa shape index (κ3) is 4.13. The molecule has 0 N–H and O–H groups in total. The summed E-state index contributed by atoms with van der Waals surface area (Å²) in [7, 11) is 5.68. The van der Waals surface area contributed by atoms with E-state index in [2.05, 4.69) is 17.0 Å². The molecule has 0 unspecified atom stereocenters. The first-order valence-electron chi connectivity index (χ1n) is 9.23. The van der Waals surface area contributed by atoms with Crippen LogP contribution in [0.3, 0.4) is 0 Å². The molecular weight excluding hydrogens is 384 g/mol. The summed E-state index contributed by atoms with van der Waals surface area (Å²) in [6, 6.07) is 23.4. The number of ether oxygens (including phenoxy) is 1. The number of fused-ring (bicyclic) bond motifs is 1. The molecule has 0 atom stereocenters. The van der Waals surface area contributed by atoms with Gasteiger partial charge in [-0.15, -0.1) is 0 Å². The molecular formula is C24H21ClN2O2. The van der Waals surface area contributed by atoms with Crippen LogP contribution in [-0.4, -0.2) is 21.2 Å². The Hall–Kier alpha value is -3.24. The third-order valence-electron chi connectivity index (χ3n) is 4.69. The van der Waals surface area contributed by atoms with Gasteiger partial charge < -0.3 is 14.1 Å². The fourth-order valence-corrected chi connectivity index (χ4v) is 3.21. The predicted molar refractivity (Wildman–Crippen MR) is 119 cm³/mol. The van der Waals surface area contributed by atoms with Crippen LogP contribution in [0.25, 0.3) is 22.3 Å². The summed E-state index contributed by atoms with van der Waals surface area (Å²) < 4.78 is 11.5. The molecule has 3 aromatic carbocycles. The molecule has 5 heteroatoms. The van der Waals surface area contributed by atoms with E-state index in [1.807, 2.05) is 74.8 Å². The number of anilines is 1. The molecule has 0 radical (unpaired) electrons. The summed E-state index contributed by atoms with van der Waals surface area (Å²) in [5.41, 5.74) is 3.67. The number of hydrogen-bond donors (Lipinski definition) is 0. The van der Waals surface area contributed by atoms with Crippen molar-refractivity contribution in [3.05, 3.63) is 83.2 Å². The van der Waals surface area contributed by atoms with Gasteiger partial charge in [-0.25, -0.2) is 4.99 Å². The predicted octanol–water partition coefficient (Wildman–Crippen LogP) is 6.06. The molecule has 0 spiro atoms. The molecule has 0 aliphatic carbocycles. The minimum absolute atomic E-state index is 0.685. The van der Waals surface area contributed by atoms with Gasteiger partial charge in [0.2, 0.25) is 0 Å². The van der Waals surface area contributed by atoms with Gasteiger partial charge in [-0.05, 0) is 66.7 Å². The minimum atomic E-state index is 0.685. The molecule has 4 nitrogen and oxygen atoms in total. The Morgan fingerprint density at radius 1 is 0.897 bits per heavy atom. The lowest BCUT2D eigenvalue weighted by Gasteiger charge is -2.11. The van der Waals surface area contributed by atoms with Gasteiger partial charge in [-0.2, -0.15) is 0 Å². The van der Waals surface area contributed by atoms with Gasteiger partial charge in [0.1, 0.15) is 17.1 Å². The van der Waals surface area contributed by atoms with E-state index in [0.717, 1.165) is 44.8 Å². The molecule has 0 aliphatic rings. The molecule has 29 heavy (non-hydrogen) atoms. The maximum atomic E-state index is 6.15. The highest BCUT2D eigenvalue weighted by Crippen LogP contribution is 2.26. The van der Waals surface area contributed by atoms with Crippen molar-refractivity contribution in [2.75, 3.05) is 26.1 Å². The first kappa shape index (κ1) is 19.1. The van der Waals surface area contributed by atoms with Crippen molar-refractivity contribution in [2.24, 2.45) is 4.99 Å². The van der Waals surface area contributed by atoms with Crippen LogP contribution in [0.2, 0.25) is 5.02 Å². The van der Waals surface area contributed by atoms with Gasteiger partial charge in [0.25, 0.3) is 0 Å². The van der Waals surface area contributed by atoms with Crippen molar-refractivity contribution in [3.63, 3.8) is 0 Å². The highest BCUT2D eigenvalue weighted by molar-refractivity contribution is 6.30. The lowest BCUT2D eigenvalue weighted by atomic mass is 10.1. The summed E-state index contributed by atoms with van der Waals surface area (Å²) >= 11 is 6.03. The van der Waals surface area contributed by atoms with Crippen LogP contribution in [0.15, 0.2) is 82.2 Å². The molecule has 4 aromatic rings. The lowest BCUT2D eigenvalue weighted by molar-refractivity contribution is 0.415. The highest BCUT2D eigenvalue weighted by Gasteiger charge is 2.08. The quantitative estimate of drug-likeness (QED) is 0.415. The molecule has 0 saturated heterocycles. The molecule has 1 heterocycles. The van der Waals surface area contributed by atoms with Gasteiger partial charge in [-0.1, -0.05) is 11.6 Å². The van der Waals surface area contributed by atoms with Crippen LogP contribution in [0.5, 0.6) is 5.75 Å². The van der Waals surface area contributed by atoms with Crippen LogP contribution in [-0.2, 0) is 0 Å². The first-order valence-corrected chi connectivity index (χ1v) is 9.61. The van der Waals surface area contributed by atoms with Crippen molar-refractivity contribution in [2.45, 2.75) is 0 Å². The number of rotatable bonds is 4. The molecule has 0 aliphatic heterocycles. The van der Waals surface area contributed by atoms with Crippen molar-refractivity contribution in [1.29, 1.82) is 0 Å². The Morgan fingerprint density at radius 3 is 2.28 bits per heavy atom. The van der Waals surface area contributed by atoms with Crippen LogP contribution in [0, 0.1) is 0 Å². The zero-order chi connectivity index (χ0) is 20.4. The van der Waals surface area contributed by atoms with Gasteiger partial charge in [0.05, 0.1) is 18.2 Å². The second-order valence-corrected chi connectivity index (χ2v) is 7.32. The summed E-state index contributed by atoms with van der Waals surface area (Å²) in [5, 5.41) is 2.39. The largest absolute Gasteiger partial charge is 0.497 e. The fraction of sp³-hybridized carbons (Fsp3) is 0.125. The van der Waals surface area contributed by atoms with Crippen LogP contribution in [0.4, 0.5) is 11.4 Å². The molecule has 0 bridgehead atoms. The van der Waals surface area contributed by atoms with E-state index in [-0.39, 0.29) is 0 Å². The molecule has 0 saturated carbocycles. The second kappa shape index (κ2) is 8.02. The SMILES string of the molecule is COc1ccc2oc(-c3ccc(Cl)cc3)cc(=Nc3ccc(N(C)C)cc3)c2c1. The van der Waals surface area contributed by atoms with E-state index in [4.69, 9.17) is 25.7 Å². The van der Waals surface area contributed by atoms with Gasteiger partial charge in [-0.3, -0.25) is 0 Å².